The molecule has 0 aliphatic rings. The average Bonchev–Trinajstić information content (AvgIpc) is 2.73. The Morgan fingerprint density at radius 3 is 2.79 bits per heavy atom. The molecule has 100 valence electrons. The largest absolute Gasteiger partial charge is 0.388 e. The molecule has 1 heterocycles. The molecule has 0 spiro atoms. The molecular formula is C12H10FNO3S2. The predicted octanol–water partition coefficient (Wildman–Crippen LogP) is 4.00. The number of rotatable bonds is 4. The van der Waals surface area contributed by atoms with Crippen LogP contribution in [0.5, 0.6) is 0 Å². The highest BCUT2D eigenvalue weighted by atomic mass is 32.2. The van der Waals surface area contributed by atoms with Gasteiger partial charge in [-0.3, -0.25) is 10.1 Å². The van der Waals surface area contributed by atoms with E-state index < -0.39 is 11.0 Å². The van der Waals surface area contributed by atoms with Crippen molar-refractivity contribution in [2.24, 2.45) is 0 Å². The SMILES string of the molecule is C[C@@H](O)c1cc([N+](=O)[O-])c(Sc2cccc(F)c2)s1. The Balaban J connectivity index is 2.36. The average molecular weight is 299 g/mol. The van der Waals surface area contributed by atoms with E-state index in [4.69, 9.17) is 0 Å². The van der Waals surface area contributed by atoms with Crippen molar-refractivity contribution in [3.8, 4) is 0 Å². The lowest BCUT2D eigenvalue weighted by molar-refractivity contribution is -0.387. The number of benzene rings is 1. The highest BCUT2D eigenvalue weighted by Crippen LogP contribution is 2.43. The van der Waals surface area contributed by atoms with Gasteiger partial charge in [-0.15, -0.1) is 11.3 Å². The Labute approximate surface area is 117 Å². The third-order valence-corrected chi connectivity index (χ3v) is 4.79. The molecule has 0 radical (unpaired) electrons. The first-order valence-electron chi connectivity index (χ1n) is 5.37. The molecule has 1 atom stereocenters. The molecule has 0 unspecified atom stereocenters. The second-order valence-corrected chi connectivity index (χ2v) is 6.24. The normalized spacial score (nSPS) is 12.4. The zero-order valence-electron chi connectivity index (χ0n) is 9.87. The van der Waals surface area contributed by atoms with E-state index in [1.54, 1.807) is 19.1 Å². The molecule has 0 fully saturated rings. The molecule has 4 nitrogen and oxygen atoms in total. The van der Waals surface area contributed by atoms with Gasteiger partial charge in [0.1, 0.15) is 10.0 Å². The van der Waals surface area contributed by atoms with Gasteiger partial charge in [-0.2, -0.15) is 0 Å². The third kappa shape index (κ3) is 3.31. The minimum atomic E-state index is -0.759. The summed E-state index contributed by atoms with van der Waals surface area (Å²) >= 11 is 2.27. The van der Waals surface area contributed by atoms with E-state index in [1.807, 2.05) is 0 Å². The Bertz CT molecular complexity index is 613. The van der Waals surface area contributed by atoms with Crippen molar-refractivity contribution in [2.75, 3.05) is 0 Å². The van der Waals surface area contributed by atoms with E-state index >= 15 is 0 Å². The first kappa shape index (κ1) is 14.0. The summed E-state index contributed by atoms with van der Waals surface area (Å²) < 4.78 is 13.5. The third-order valence-electron chi connectivity index (χ3n) is 2.31. The summed E-state index contributed by atoms with van der Waals surface area (Å²) in [6, 6.07) is 7.22. The molecule has 1 N–H and O–H groups in total. The number of hydrogen-bond acceptors (Lipinski definition) is 5. The van der Waals surface area contributed by atoms with Crippen LogP contribution in [0.15, 0.2) is 39.4 Å². The van der Waals surface area contributed by atoms with Gasteiger partial charge in [-0.1, -0.05) is 17.8 Å². The summed E-state index contributed by atoms with van der Waals surface area (Å²) in [7, 11) is 0. The molecule has 0 bridgehead atoms. The fourth-order valence-corrected chi connectivity index (χ4v) is 3.73. The van der Waals surface area contributed by atoms with Gasteiger partial charge in [0.2, 0.25) is 0 Å². The Kier molecular flexibility index (Phi) is 4.18. The summed E-state index contributed by atoms with van der Waals surface area (Å²) in [5.74, 6) is -0.389. The summed E-state index contributed by atoms with van der Waals surface area (Å²) in [4.78, 5) is 11.6. The Morgan fingerprint density at radius 2 is 2.21 bits per heavy atom. The van der Waals surface area contributed by atoms with Crippen LogP contribution in [-0.2, 0) is 0 Å². The maximum atomic E-state index is 13.1. The minimum Gasteiger partial charge on any atom is -0.388 e. The van der Waals surface area contributed by atoms with Gasteiger partial charge in [0, 0.05) is 15.8 Å². The molecule has 0 aliphatic carbocycles. The van der Waals surface area contributed by atoms with Crippen molar-refractivity contribution in [2.45, 2.75) is 22.1 Å². The topological polar surface area (TPSA) is 63.4 Å². The zero-order chi connectivity index (χ0) is 14.0. The fourth-order valence-electron chi connectivity index (χ4n) is 1.43. The van der Waals surface area contributed by atoms with E-state index in [-0.39, 0.29) is 11.5 Å². The van der Waals surface area contributed by atoms with Crippen LogP contribution < -0.4 is 0 Å². The van der Waals surface area contributed by atoms with E-state index in [1.165, 1.54) is 18.2 Å². The molecule has 0 amide bonds. The number of hydrogen-bond donors (Lipinski definition) is 1. The summed E-state index contributed by atoms with van der Waals surface area (Å²) in [5.41, 5.74) is -0.0600. The van der Waals surface area contributed by atoms with Crippen molar-refractivity contribution in [1.29, 1.82) is 0 Å². The number of nitrogens with zero attached hydrogens (tertiary/aromatic N) is 1. The standard InChI is InChI=1S/C12H10FNO3S2/c1-7(15)11-6-10(14(16)17)12(19-11)18-9-4-2-3-8(13)5-9/h2-7,15H,1H3/t7-/m1/s1. The predicted molar refractivity (Wildman–Crippen MR) is 72.1 cm³/mol. The molecule has 1 aromatic carbocycles. The Hall–Kier alpha value is -1.44. The summed E-state index contributed by atoms with van der Waals surface area (Å²) in [6.45, 7) is 1.55. The lowest BCUT2D eigenvalue weighted by Gasteiger charge is -1.99. The van der Waals surface area contributed by atoms with Gasteiger partial charge in [0.05, 0.1) is 11.0 Å². The monoisotopic (exact) mass is 299 g/mol. The smallest absolute Gasteiger partial charge is 0.294 e. The first-order valence-corrected chi connectivity index (χ1v) is 7.00. The van der Waals surface area contributed by atoms with Crippen molar-refractivity contribution < 1.29 is 14.4 Å². The van der Waals surface area contributed by atoms with Crippen LogP contribution in [0.1, 0.15) is 17.9 Å². The summed E-state index contributed by atoms with van der Waals surface area (Å²) in [5, 5.41) is 20.4. The highest BCUT2D eigenvalue weighted by Gasteiger charge is 2.21. The second-order valence-electron chi connectivity index (χ2n) is 3.81. The first-order chi connectivity index (χ1) is 8.97. The van der Waals surface area contributed by atoms with E-state index in [2.05, 4.69) is 0 Å². The molecular weight excluding hydrogens is 289 g/mol. The lowest BCUT2D eigenvalue weighted by Crippen LogP contribution is -1.87. The maximum absolute atomic E-state index is 13.1. The number of thiophene rings is 1. The van der Waals surface area contributed by atoms with Gasteiger partial charge in [0.25, 0.3) is 5.69 Å². The fraction of sp³-hybridized carbons (Fsp3) is 0.167. The molecule has 0 saturated heterocycles. The van der Waals surface area contributed by atoms with Gasteiger partial charge >= 0.3 is 0 Å². The van der Waals surface area contributed by atoms with Crippen molar-refractivity contribution >= 4 is 28.8 Å². The number of nitro groups is 1. The zero-order valence-corrected chi connectivity index (χ0v) is 11.5. The van der Waals surface area contributed by atoms with Crippen LogP contribution in [0.25, 0.3) is 0 Å². The van der Waals surface area contributed by atoms with E-state index in [9.17, 15) is 19.6 Å². The van der Waals surface area contributed by atoms with Crippen LogP contribution in [0.3, 0.4) is 0 Å². The second kappa shape index (κ2) is 5.68. The molecule has 2 aromatic rings. The summed E-state index contributed by atoms with van der Waals surface area (Å²) in [6.07, 6.45) is -0.759. The highest BCUT2D eigenvalue weighted by molar-refractivity contribution is 8.01. The minimum absolute atomic E-state index is 0.0600. The van der Waals surface area contributed by atoms with E-state index in [0.29, 0.717) is 14.0 Å². The van der Waals surface area contributed by atoms with Gasteiger partial charge in [0.15, 0.2) is 0 Å². The molecule has 0 aliphatic heterocycles. The number of aliphatic hydroxyl groups excluding tert-OH is 1. The van der Waals surface area contributed by atoms with Crippen LogP contribution in [0.4, 0.5) is 10.1 Å². The molecule has 7 heteroatoms. The molecule has 1 aromatic heterocycles. The molecule has 0 saturated carbocycles. The quantitative estimate of drug-likeness (QED) is 0.684. The van der Waals surface area contributed by atoms with Crippen molar-refractivity contribution in [3.63, 3.8) is 0 Å². The van der Waals surface area contributed by atoms with Crippen molar-refractivity contribution in [3.05, 3.63) is 51.1 Å². The van der Waals surface area contributed by atoms with Crippen molar-refractivity contribution in [1.82, 2.24) is 0 Å². The van der Waals surface area contributed by atoms with E-state index in [0.717, 1.165) is 23.1 Å². The van der Waals surface area contributed by atoms with Gasteiger partial charge < -0.3 is 5.11 Å². The number of aliphatic hydroxyl groups is 1. The van der Waals surface area contributed by atoms with Crippen LogP contribution in [0, 0.1) is 15.9 Å². The molecule has 2 rings (SSSR count). The van der Waals surface area contributed by atoms with Gasteiger partial charge in [-0.05, 0) is 25.1 Å². The van der Waals surface area contributed by atoms with Crippen LogP contribution >= 0.6 is 23.1 Å². The lowest BCUT2D eigenvalue weighted by atomic mass is 10.3. The number of halogens is 1. The van der Waals surface area contributed by atoms with Crippen LogP contribution in [-0.4, -0.2) is 10.0 Å². The Morgan fingerprint density at radius 1 is 1.47 bits per heavy atom. The maximum Gasteiger partial charge on any atom is 0.294 e. The van der Waals surface area contributed by atoms with Gasteiger partial charge in [-0.25, -0.2) is 4.39 Å². The molecule has 19 heavy (non-hydrogen) atoms. The van der Waals surface area contributed by atoms with Crippen LogP contribution in [0.2, 0.25) is 0 Å².